The van der Waals surface area contributed by atoms with E-state index >= 15 is 0 Å². The molecule has 0 aromatic heterocycles. The molecule has 1 aromatic rings. The average Bonchev–Trinajstić information content (AvgIpc) is 2.30. The van der Waals surface area contributed by atoms with Gasteiger partial charge in [0.25, 0.3) is 0 Å². The molecule has 0 saturated carbocycles. The van der Waals surface area contributed by atoms with Crippen molar-refractivity contribution in [3.8, 4) is 0 Å². The Morgan fingerprint density at radius 1 is 1.42 bits per heavy atom. The standard InChI is InChI=1S/C12H13F2NO3S/c1-7(4-12(17)18)19-6-11(16)15-10-5-8(13)2-3-9(10)14/h2-3,5,7H,4,6H2,1H3,(H,15,16)(H,17,18). The molecule has 104 valence electrons. The van der Waals surface area contributed by atoms with Crippen LogP contribution in [0.4, 0.5) is 14.5 Å². The number of nitrogens with one attached hydrogen (secondary N) is 1. The van der Waals surface area contributed by atoms with Gasteiger partial charge in [-0.05, 0) is 12.1 Å². The number of halogens is 2. The zero-order valence-electron chi connectivity index (χ0n) is 10.2. The number of thioether (sulfide) groups is 1. The van der Waals surface area contributed by atoms with Crippen molar-refractivity contribution in [3.63, 3.8) is 0 Å². The first-order valence-electron chi connectivity index (χ1n) is 5.46. The lowest BCUT2D eigenvalue weighted by Gasteiger charge is -2.09. The van der Waals surface area contributed by atoms with E-state index in [4.69, 9.17) is 5.11 Å². The minimum atomic E-state index is -0.948. The Bertz CT molecular complexity index is 482. The third-order valence-electron chi connectivity index (χ3n) is 2.16. The quantitative estimate of drug-likeness (QED) is 0.844. The molecule has 0 aliphatic heterocycles. The monoisotopic (exact) mass is 289 g/mol. The molecule has 0 aliphatic carbocycles. The van der Waals surface area contributed by atoms with Crippen LogP contribution in [0.25, 0.3) is 0 Å². The summed E-state index contributed by atoms with van der Waals surface area (Å²) in [6.07, 6.45) is -0.0632. The van der Waals surface area contributed by atoms with Crippen LogP contribution in [0.15, 0.2) is 18.2 Å². The van der Waals surface area contributed by atoms with Gasteiger partial charge in [-0.2, -0.15) is 0 Å². The number of amides is 1. The summed E-state index contributed by atoms with van der Waals surface area (Å²) in [5.74, 6) is -2.85. The predicted molar refractivity (Wildman–Crippen MR) is 69.2 cm³/mol. The molecule has 1 unspecified atom stereocenters. The topological polar surface area (TPSA) is 66.4 Å². The van der Waals surface area contributed by atoms with E-state index in [0.717, 1.165) is 30.0 Å². The van der Waals surface area contributed by atoms with Crippen LogP contribution in [0.5, 0.6) is 0 Å². The second-order valence-corrected chi connectivity index (χ2v) is 5.32. The molecule has 1 amide bonds. The lowest BCUT2D eigenvalue weighted by atomic mass is 10.3. The molecule has 0 saturated heterocycles. The summed E-state index contributed by atoms with van der Waals surface area (Å²) in [6, 6.07) is 2.76. The third kappa shape index (κ3) is 5.69. The van der Waals surface area contributed by atoms with Gasteiger partial charge in [-0.25, -0.2) is 8.78 Å². The van der Waals surface area contributed by atoms with Crippen molar-refractivity contribution in [2.45, 2.75) is 18.6 Å². The van der Waals surface area contributed by atoms with E-state index in [0.29, 0.717) is 0 Å². The summed E-state index contributed by atoms with van der Waals surface area (Å²) >= 11 is 1.13. The van der Waals surface area contributed by atoms with E-state index in [2.05, 4.69) is 5.32 Å². The number of benzene rings is 1. The van der Waals surface area contributed by atoms with Gasteiger partial charge < -0.3 is 10.4 Å². The lowest BCUT2D eigenvalue weighted by Crippen LogP contribution is -2.17. The molecule has 0 heterocycles. The van der Waals surface area contributed by atoms with Crippen molar-refractivity contribution in [1.82, 2.24) is 0 Å². The lowest BCUT2D eigenvalue weighted by molar-refractivity contribution is -0.136. The highest BCUT2D eigenvalue weighted by molar-refractivity contribution is 8.00. The van der Waals surface area contributed by atoms with E-state index in [1.165, 1.54) is 0 Å². The van der Waals surface area contributed by atoms with Crippen LogP contribution in [-0.2, 0) is 9.59 Å². The first kappa shape index (κ1) is 15.4. The zero-order chi connectivity index (χ0) is 14.4. The molecule has 1 rings (SSSR count). The maximum absolute atomic E-state index is 13.2. The second kappa shape index (κ2) is 7.08. The number of hydrogen-bond donors (Lipinski definition) is 2. The summed E-state index contributed by atoms with van der Waals surface area (Å²) in [5, 5.41) is 10.5. The van der Waals surface area contributed by atoms with E-state index < -0.39 is 23.5 Å². The molecule has 0 fully saturated rings. The minimum Gasteiger partial charge on any atom is -0.481 e. The molecule has 0 spiro atoms. The fraction of sp³-hybridized carbons (Fsp3) is 0.333. The van der Waals surface area contributed by atoms with Crippen LogP contribution in [0.3, 0.4) is 0 Å². The summed E-state index contributed by atoms with van der Waals surface area (Å²) in [6.45, 7) is 1.68. The molecular weight excluding hydrogens is 276 g/mol. The highest BCUT2D eigenvalue weighted by atomic mass is 32.2. The Morgan fingerprint density at radius 3 is 2.74 bits per heavy atom. The van der Waals surface area contributed by atoms with E-state index in [9.17, 15) is 18.4 Å². The Balaban J connectivity index is 2.47. The van der Waals surface area contributed by atoms with Crippen LogP contribution < -0.4 is 5.32 Å². The number of hydrogen-bond acceptors (Lipinski definition) is 3. The summed E-state index contributed by atoms with van der Waals surface area (Å²) in [5.41, 5.74) is -0.225. The Morgan fingerprint density at radius 2 is 2.11 bits per heavy atom. The van der Waals surface area contributed by atoms with E-state index in [-0.39, 0.29) is 23.1 Å². The van der Waals surface area contributed by atoms with Crippen LogP contribution in [0.1, 0.15) is 13.3 Å². The largest absolute Gasteiger partial charge is 0.481 e. The van der Waals surface area contributed by atoms with Crippen LogP contribution >= 0.6 is 11.8 Å². The van der Waals surface area contributed by atoms with Crippen molar-refractivity contribution in [1.29, 1.82) is 0 Å². The van der Waals surface area contributed by atoms with Crippen LogP contribution in [-0.4, -0.2) is 28.0 Å². The van der Waals surface area contributed by atoms with Gasteiger partial charge in [0.1, 0.15) is 11.6 Å². The summed E-state index contributed by atoms with van der Waals surface area (Å²) < 4.78 is 26.1. The highest BCUT2D eigenvalue weighted by Crippen LogP contribution is 2.17. The summed E-state index contributed by atoms with van der Waals surface area (Å²) in [4.78, 5) is 21.9. The highest BCUT2D eigenvalue weighted by Gasteiger charge is 2.12. The van der Waals surface area contributed by atoms with Gasteiger partial charge in [0, 0.05) is 11.3 Å². The number of carbonyl (C=O) groups excluding carboxylic acids is 1. The molecule has 0 aliphatic rings. The second-order valence-electron chi connectivity index (χ2n) is 3.89. The molecule has 7 heteroatoms. The number of carboxylic acids is 1. The van der Waals surface area contributed by atoms with Gasteiger partial charge in [-0.15, -0.1) is 11.8 Å². The molecule has 1 aromatic carbocycles. The van der Waals surface area contributed by atoms with Gasteiger partial charge in [0.05, 0.1) is 17.9 Å². The summed E-state index contributed by atoms with van der Waals surface area (Å²) in [7, 11) is 0. The molecule has 0 radical (unpaired) electrons. The number of rotatable bonds is 6. The van der Waals surface area contributed by atoms with Gasteiger partial charge in [-0.3, -0.25) is 9.59 Å². The van der Waals surface area contributed by atoms with E-state index in [1.54, 1.807) is 6.92 Å². The Kier molecular flexibility index (Phi) is 5.75. The van der Waals surface area contributed by atoms with Gasteiger partial charge in [0.15, 0.2) is 0 Å². The van der Waals surface area contributed by atoms with Crippen molar-refractivity contribution in [3.05, 3.63) is 29.8 Å². The molecular formula is C12H13F2NO3S. The number of carboxylic acid groups (broad SMARTS) is 1. The smallest absolute Gasteiger partial charge is 0.304 e. The Hall–Kier alpha value is -1.63. The number of carbonyl (C=O) groups is 2. The Labute approximate surface area is 113 Å². The van der Waals surface area contributed by atoms with Crippen LogP contribution in [0, 0.1) is 11.6 Å². The fourth-order valence-electron chi connectivity index (χ4n) is 1.30. The molecule has 4 nitrogen and oxygen atoms in total. The average molecular weight is 289 g/mol. The maximum atomic E-state index is 13.2. The molecule has 2 N–H and O–H groups in total. The number of aliphatic carboxylic acids is 1. The van der Waals surface area contributed by atoms with Crippen molar-refractivity contribution < 1.29 is 23.5 Å². The van der Waals surface area contributed by atoms with Gasteiger partial charge >= 0.3 is 5.97 Å². The van der Waals surface area contributed by atoms with Crippen molar-refractivity contribution in [2.75, 3.05) is 11.1 Å². The molecule has 1 atom stereocenters. The SMILES string of the molecule is CC(CC(=O)O)SCC(=O)Nc1cc(F)ccc1F. The van der Waals surface area contributed by atoms with Crippen molar-refractivity contribution >= 4 is 29.3 Å². The van der Waals surface area contributed by atoms with Gasteiger partial charge in [-0.1, -0.05) is 6.92 Å². The first-order chi connectivity index (χ1) is 8.88. The first-order valence-corrected chi connectivity index (χ1v) is 6.51. The van der Waals surface area contributed by atoms with Gasteiger partial charge in [0.2, 0.25) is 5.91 Å². The van der Waals surface area contributed by atoms with Crippen LogP contribution in [0.2, 0.25) is 0 Å². The zero-order valence-corrected chi connectivity index (χ0v) is 11.0. The third-order valence-corrected chi connectivity index (χ3v) is 3.33. The maximum Gasteiger partial charge on any atom is 0.304 e. The number of anilines is 1. The predicted octanol–water partition coefficient (Wildman–Crippen LogP) is 2.50. The molecule has 19 heavy (non-hydrogen) atoms. The van der Waals surface area contributed by atoms with E-state index in [1.807, 2.05) is 0 Å². The van der Waals surface area contributed by atoms with Crippen molar-refractivity contribution in [2.24, 2.45) is 0 Å². The normalized spacial score (nSPS) is 11.9. The molecule has 0 bridgehead atoms. The fourth-order valence-corrected chi connectivity index (χ4v) is 2.07. The minimum absolute atomic E-state index is 0.0234.